The zero-order valence-electron chi connectivity index (χ0n) is 34.1. The predicted molar refractivity (Wildman–Crippen MR) is 249 cm³/mol. The van der Waals surface area contributed by atoms with Gasteiger partial charge in [0.2, 0.25) is 0 Å². The van der Waals surface area contributed by atoms with Crippen LogP contribution in [0.4, 0.5) is 30.2 Å². The lowest BCUT2D eigenvalue weighted by atomic mass is 9.92. The zero-order valence-corrected chi connectivity index (χ0v) is 34.1. The third-order valence-corrected chi connectivity index (χ3v) is 11.9. The Morgan fingerprint density at radius 3 is 1.56 bits per heavy atom. The number of nitriles is 3. The Morgan fingerprint density at radius 1 is 0.455 bits per heavy atom. The molecule has 2 aromatic heterocycles. The molecule has 0 N–H and O–H groups in total. The van der Waals surface area contributed by atoms with Gasteiger partial charge < -0.3 is 9.13 Å². The quantitative estimate of drug-likeness (QED) is 0.161. The Balaban J connectivity index is 1.35. The molecule has 0 amide bonds. The van der Waals surface area contributed by atoms with Gasteiger partial charge in [0.1, 0.15) is 0 Å². The fourth-order valence-electron chi connectivity index (χ4n) is 9.10. The molecular weight excluding hydrogens is 830 g/mol. The largest absolute Gasteiger partial charge is 0.415 e. The number of benzene rings is 8. The minimum Gasteiger partial charge on any atom is -0.309 e. The standard InChI is InChI=1S/C55H25F3N8/c1-62-37-18-20-39(46(28-37)64-3)35-17-22-50-43(27-35)41-10-5-7-14-48(41)66(50)52-25-33(30-60)24-51(54(52)53-44(55(56,57)58)11-8-12-45(53)63-2)65-47-13-6-4-9-40(47)42-26-34(16-21-49(42)65)38-19-15-32(29-59)23-36(38)31-61/h4-28H. The summed E-state index contributed by atoms with van der Waals surface area (Å²) in [5.41, 5.74) is 5.13. The summed E-state index contributed by atoms with van der Waals surface area (Å²) >= 11 is 0. The first-order valence-electron chi connectivity index (χ1n) is 20.2. The molecule has 0 aliphatic carbocycles. The van der Waals surface area contributed by atoms with Gasteiger partial charge in [-0.05, 0) is 82.9 Å². The van der Waals surface area contributed by atoms with E-state index < -0.39 is 11.7 Å². The second-order valence-electron chi connectivity index (χ2n) is 15.4. The van der Waals surface area contributed by atoms with Crippen LogP contribution in [-0.2, 0) is 6.18 Å². The van der Waals surface area contributed by atoms with E-state index in [1.807, 2.05) is 94.1 Å². The van der Waals surface area contributed by atoms with E-state index in [2.05, 4.69) is 32.7 Å². The fraction of sp³-hybridized carbons (Fsp3) is 0.0182. The molecule has 66 heavy (non-hydrogen) atoms. The van der Waals surface area contributed by atoms with Gasteiger partial charge in [-0.15, -0.1) is 0 Å². The Hall–Kier alpha value is -9.91. The van der Waals surface area contributed by atoms with E-state index in [-0.39, 0.29) is 39.4 Å². The van der Waals surface area contributed by atoms with Gasteiger partial charge in [0, 0.05) is 32.7 Å². The van der Waals surface area contributed by atoms with Crippen molar-refractivity contribution in [3.63, 3.8) is 0 Å². The molecule has 0 radical (unpaired) electrons. The fourth-order valence-corrected chi connectivity index (χ4v) is 9.10. The highest BCUT2D eigenvalue weighted by molar-refractivity contribution is 6.14. The van der Waals surface area contributed by atoms with Crippen LogP contribution in [0.2, 0.25) is 0 Å². The highest BCUT2D eigenvalue weighted by atomic mass is 19.4. The van der Waals surface area contributed by atoms with Crippen LogP contribution in [-0.4, -0.2) is 9.13 Å². The zero-order chi connectivity index (χ0) is 45.9. The van der Waals surface area contributed by atoms with Gasteiger partial charge in [-0.25, -0.2) is 14.5 Å². The Morgan fingerprint density at radius 2 is 1.02 bits per heavy atom. The van der Waals surface area contributed by atoms with Crippen LogP contribution in [0.5, 0.6) is 0 Å². The normalized spacial score (nSPS) is 11.2. The number of alkyl halides is 3. The van der Waals surface area contributed by atoms with Crippen LogP contribution in [0, 0.1) is 53.7 Å². The number of aromatic nitrogens is 2. The molecule has 0 saturated heterocycles. The molecule has 0 aliphatic heterocycles. The highest BCUT2D eigenvalue weighted by Gasteiger charge is 2.37. The van der Waals surface area contributed by atoms with Crippen molar-refractivity contribution in [1.82, 2.24) is 9.13 Å². The van der Waals surface area contributed by atoms with Crippen molar-refractivity contribution in [3.8, 4) is 63.0 Å². The first-order valence-corrected chi connectivity index (χ1v) is 20.2. The van der Waals surface area contributed by atoms with Gasteiger partial charge in [0.25, 0.3) is 0 Å². The number of hydrogen-bond donors (Lipinski definition) is 0. The molecule has 0 atom stereocenters. The summed E-state index contributed by atoms with van der Waals surface area (Å²) in [5.74, 6) is 0. The molecule has 0 spiro atoms. The molecule has 10 rings (SSSR count). The average molecular weight is 855 g/mol. The molecule has 11 heteroatoms. The molecule has 8 nitrogen and oxygen atoms in total. The lowest BCUT2D eigenvalue weighted by molar-refractivity contribution is -0.137. The second kappa shape index (κ2) is 15.5. The van der Waals surface area contributed by atoms with E-state index in [1.54, 1.807) is 36.4 Å². The van der Waals surface area contributed by atoms with Gasteiger partial charge in [0.15, 0.2) is 17.1 Å². The second-order valence-corrected chi connectivity index (χ2v) is 15.4. The summed E-state index contributed by atoms with van der Waals surface area (Å²) in [4.78, 5) is 10.9. The number of rotatable bonds is 5. The topological polar surface area (TPSA) is 94.3 Å². The molecule has 306 valence electrons. The molecule has 0 unspecified atom stereocenters. The third-order valence-electron chi connectivity index (χ3n) is 11.9. The van der Waals surface area contributed by atoms with Gasteiger partial charge in [-0.3, -0.25) is 0 Å². The third kappa shape index (κ3) is 6.26. The lowest BCUT2D eigenvalue weighted by Crippen LogP contribution is -2.11. The lowest BCUT2D eigenvalue weighted by Gasteiger charge is -2.24. The van der Waals surface area contributed by atoms with Gasteiger partial charge in [-0.1, -0.05) is 91.0 Å². The van der Waals surface area contributed by atoms with Gasteiger partial charge >= 0.3 is 6.18 Å². The predicted octanol–water partition coefficient (Wildman–Crippen LogP) is 15.2. The highest BCUT2D eigenvalue weighted by Crippen LogP contribution is 2.50. The molecule has 10 aromatic rings. The van der Waals surface area contributed by atoms with E-state index in [0.717, 1.165) is 16.8 Å². The van der Waals surface area contributed by atoms with E-state index in [0.29, 0.717) is 71.9 Å². The van der Waals surface area contributed by atoms with Crippen molar-refractivity contribution < 1.29 is 13.2 Å². The minimum absolute atomic E-state index is 0.0512. The summed E-state index contributed by atoms with van der Waals surface area (Å²) in [6, 6.07) is 48.8. The number of halogens is 3. The maximum atomic E-state index is 15.5. The monoisotopic (exact) mass is 854 g/mol. The van der Waals surface area contributed by atoms with Crippen LogP contribution >= 0.6 is 0 Å². The Labute approximate surface area is 374 Å². The molecular formula is C55H25F3N8. The van der Waals surface area contributed by atoms with Crippen molar-refractivity contribution in [2.75, 3.05) is 0 Å². The number of nitrogens with zero attached hydrogens (tertiary/aromatic N) is 8. The van der Waals surface area contributed by atoms with Crippen LogP contribution in [0.3, 0.4) is 0 Å². The van der Waals surface area contributed by atoms with E-state index >= 15 is 13.2 Å². The smallest absolute Gasteiger partial charge is 0.309 e. The number of para-hydroxylation sites is 2. The summed E-state index contributed by atoms with van der Waals surface area (Å²) in [6.45, 7) is 23.6. The number of fused-ring (bicyclic) bond motifs is 6. The summed E-state index contributed by atoms with van der Waals surface area (Å²) in [7, 11) is 0. The van der Waals surface area contributed by atoms with Crippen molar-refractivity contribution in [1.29, 1.82) is 15.8 Å². The molecule has 0 aliphatic rings. The van der Waals surface area contributed by atoms with Crippen LogP contribution < -0.4 is 0 Å². The van der Waals surface area contributed by atoms with Crippen LogP contribution in [0.1, 0.15) is 22.3 Å². The SMILES string of the molecule is [C-]#[N+]c1ccc(-c2ccc3c(c2)c2ccccc2n3-c2cc(C#N)cc(-n3c4ccccc4c4cc(-c5ccc(C#N)cc5C#N)ccc43)c2-c2c([N+]#[C-])cccc2C(F)(F)F)c([N+]#[C-])c1. The van der Waals surface area contributed by atoms with Crippen molar-refractivity contribution in [2.45, 2.75) is 6.18 Å². The minimum atomic E-state index is -4.91. The summed E-state index contributed by atoms with van der Waals surface area (Å²) in [5, 5.41) is 33.3. The average Bonchev–Trinajstić information content (AvgIpc) is 3.87. The molecule has 0 fully saturated rings. The van der Waals surface area contributed by atoms with Gasteiger partial charge in [-0.2, -0.15) is 29.0 Å². The molecule has 0 bridgehead atoms. The first kappa shape index (κ1) is 40.2. The van der Waals surface area contributed by atoms with Crippen molar-refractivity contribution in [3.05, 3.63) is 208 Å². The van der Waals surface area contributed by atoms with Crippen molar-refractivity contribution in [2.24, 2.45) is 0 Å². The van der Waals surface area contributed by atoms with Crippen molar-refractivity contribution >= 4 is 60.7 Å². The Bertz CT molecular complexity index is 3800. The molecule has 2 heterocycles. The molecule has 0 saturated carbocycles. The van der Waals surface area contributed by atoms with Crippen LogP contribution in [0.15, 0.2) is 152 Å². The first-order chi connectivity index (χ1) is 32.1. The van der Waals surface area contributed by atoms with E-state index in [4.69, 9.17) is 19.7 Å². The van der Waals surface area contributed by atoms with Gasteiger partial charge in [0.05, 0.1) is 93.6 Å². The van der Waals surface area contributed by atoms with E-state index in [9.17, 15) is 15.8 Å². The number of hydrogen-bond acceptors (Lipinski definition) is 3. The van der Waals surface area contributed by atoms with Crippen LogP contribution in [0.25, 0.3) is 103 Å². The molecule has 8 aromatic carbocycles. The maximum Gasteiger partial charge on any atom is 0.415 e. The summed E-state index contributed by atoms with van der Waals surface area (Å²) < 4.78 is 50.3. The summed E-state index contributed by atoms with van der Waals surface area (Å²) in [6.07, 6.45) is -4.91. The maximum absolute atomic E-state index is 15.5. The Kier molecular flexibility index (Phi) is 9.41. The van der Waals surface area contributed by atoms with E-state index in [1.165, 1.54) is 24.3 Å².